The summed E-state index contributed by atoms with van der Waals surface area (Å²) in [5.74, 6) is 0. The first-order valence-electron chi connectivity index (χ1n) is 1.40. The minimum atomic E-state index is -1.60. The fourth-order valence-corrected chi connectivity index (χ4v) is 0. The molecule has 0 spiro atoms. The molecule has 0 aromatic heterocycles. The molecule has 0 aromatic rings. The van der Waals surface area contributed by atoms with E-state index in [4.69, 9.17) is 27.5 Å². The molecule has 0 aliphatic carbocycles. The Morgan fingerprint density at radius 3 is 1.67 bits per heavy atom. The second kappa shape index (κ2) is 2.36. The molecule has 0 aliphatic rings. The van der Waals surface area contributed by atoms with Gasteiger partial charge in [0.25, 0.3) is 0 Å². The summed E-state index contributed by atoms with van der Waals surface area (Å²) in [7, 11) is 0. The van der Waals surface area contributed by atoms with E-state index in [9.17, 15) is 0 Å². The molecule has 0 saturated heterocycles. The van der Waals surface area contributed by atoms with Crippen LogP contribution in [0.5, 0.6) is 0 Å². The molecular formula is C2H6ClNO2. The number of nitrogens with two attached hydrogens (primary N) is 1. The van der Waals surface area contributed by atoms with Crippen molar-refractivity contribution in [3.63, 3.8) is 0 Å². The van der Waals surface area contributed by atoms with E-state index >= 15 is 0 Å². The van der Waals surface area contributed by atoms with E-state index in [1.165, 1.54) is 0 Å². The van der Waals surface area contributed by atoms with Crippen LogP contribution in [-0.4, -0.2) is 22.0 Å². The van der Waals surface area contributed by atoms with Crippen LogP contribution in [0.4, 0.5) is 0 Å². The maximum atomic E-state index is 7.93. The van der Waals surface area contributed by atoms with E-state index in [2.05, 4.69) is 0 Å². The molecule has 38 valence electrons. The molecule has 0 heterocycles. The van der Waals surface area contributed by atoms with Gasteiger partial charge in [-0.05, 0) is 0 Å². The predicted molar refractivity (Wildman–Crippen MR) is 22.1 cm³/mol. The highest BCUT2D eigenvalue weighted by Crippen LogP contribution is 1.87. The van der Waals surface area contributed by atoms with Crippen LogP contribution in [0.15, 0.2) is 0 Å². The minimum Gasteiger partial charge on any atom is -0.366 e. The normalized spacial score (nSPS) is 15.5. The molecular weight excluding hydrogens is 105 g/mol. The molecule has 0 fully saturated rings. The van der Waals surface area contributed by atoms with Gasteiger partial charge in [0.2, 0.25) is 0 Å². The average Bonchev–Trinajstić information content (AvgIpc) is 1.36. The van der Waals surface area contributed by atoms with Crippen molar-refractivity contribution in [2.75, 3.05) is 0 Å². The van der Waals surface area contributed by atoms with Crippen molar-refractivity contribution in [3.05, 3.63) is 0 Å². The van der Waals surface area contributed by atoms with Crippen molar-refractivity contribution in [1.82, 2.24) is 0 Å². The number of hydrogen-bond donors (Lipinski definition) is 3. The number of alkyl halides is 1. The minimum absolute atomic E-state index is 1.06. The number of aliphatic hydroxyl groups is 2. The van der Waals surface area contributed by atoms with Gasteiger partial charge in [-0.1, -0.05) is 0 Å². The van der Waals surface area contributed by atoms with Crippen LogP contribution >= 0.6 is 11.6 Å². The second-order valence-corrected chi connectivity index (χ2v) is 1.36. The highest BCUT2D eigenvalue weighted by molar-refractivity contribution is 6.20. The van der Waals surface area contributed by atoms with Crippen molar-refractivity contribution in [1.29, 1.82) is 0 Å². The molecule has 0 aromatic carbocycles. The molecule has 4 N–H and O–H groups in total. The summed E-state index contributed by atoms with van der Waals surface area (Å²) in [5.41, 5.74) is 3.64. The third kappa shape index (κ3) is 2.41. The first-order valence-corrected chi connectivity index (χ1v) is 1.84. The van der Waals surface area contributed by atoms with Gasteiger partial charge in [-0.3, -0.25) is 0 Å². The van der Waals surface area contributed by atoms with Gasteiger partial charge >= 0.3 is 0 Å². The summed E-state index contributed by atoms with van der Waals surface area (Å²) in [6.07, 6.45) is -1.60. The van der Waals surface area contributed by atoms with Crippen molar-refractivity contribution in [2.24, 2.45) is 5.73 Å². The van der Waals surface area contributed by atoms with Crippen LogP contribution in [0.1, 0.15) is 0 Å². The number of rotatable bonds is 1. The van der Waals surface area contributed by atoms with Gasteiger partial charge in [-0.15, -0.1) is 11.6 Å². The van der Waals surface area contributed by atoms with Gasteiger partial charge in [-0.2, -0.15) is 0 Å². The molecule has 0 aliphatic heterocycles. The lowest BCUT2D eigenvalue weighted by Gasteiger charge is -2.01. The number of hydrogen-bond acceptors (Lipinski definition) is 3. The van der Waals surface area contributed by atoms with Crippen molar-refractivity contribution in [3.8, 4) is 0 Å². The highest BCUT2D eigenvalue weighted by Gasteiger charge is 2.03. The summed E-state index contributed by atoms with van der Waals surface area (Å²) in [5, 5.41) is 15.9. The Labute approximate surface area is 40.3 Å². The quantitative estimate of drug-likeness (QED) is 0.227. The van der Waals surface area contributed by atoms with E-state index in [0.29, 0.717) is 0 Å². The van der Waals surface area contributed by atoms with Gasteiger partial charge < -0.3 is 15.9 Å². The topological polar surface area (TPSA) is 66.5 Å². The van der Waals surface area contributed by atoms with Gasteiger partial charge in [-0.25, -0.2) is 0 Å². The van der Waals surface area contributed by atoms with Gasteiger partial charge in [0, 0.05) is 0 Å². The van der Waals surface area contributed by atoms with Crippen LogP contribution in [-0.2, 0) is 0 Å². The predicted octanol–water partition coefficient (Wildman–Crippen LogP) is -1.18. The standard InChI is InChI=1S/C2H6ClNO2/c3-1(4)2(5)6/h1-2,5-6H,4H2. The molecule has 4 heteroatoms. The SMILES string of the molecule is NC(Cl)C(O)O. The Hall–Kier alpha value is 0.170. The zero-order valence-electron chi connectivity index (χ0n) is 3.00. The zero-order chi connectivity index (χ0) is 5.15. The van der Waals surface area contributed by atoms with E-state index in [-0.39, 0.29) is 0 Å². The largest absolute Gasteiger partial charge is 0.366 e. The lowest BCUT2D eigenvalue weighted by atomic mass is 10.7. The molecule has 0 amide bonds. The second-order valence-electron chi connectivity index (χ2n) is 0.858. The lowest BCUT2D eigenvalue weighted by molar-refractivity contribution is -0.0404. The molecule has 1 unspecified atom stereocenters. The van der Waals surface area contributed by atoms with Gasteiger partial charge in [0.1, 0.15) is 5.50 Å². The zero-order valence-corrected chi connectivity index (χ0v) is 3.76. The highest BCUT2D eigenvalue weighted by atomic mass is 35.5. The van der Waals surface area contributed by atoms with Crippen LogP contribution in [0.2, 0.25) is 0 Å². The maximum absolute atomic E-state index is 7.93. The Balaban J connectivity index is 2.99. The first-order chi connectivity index (χ1) is 2.64. The average molecular weight is 112 g/mol. The Morgan fingerprint density at radius 2 is 1.67 bits per heavy atom. The first kappa shape index (κ1) is 6.17. The van der Waals surface area contributed by atoms with Crippen LogP contribution in [0.3, 0.4) is 0 Å². The smallest absolute Gasteiger partial charge is 0.181 e. The molecule has 0 rings (SSSR count). The van der Waals surface area contributed by atoms with Crippen molar-refractivity contribution >= 4 is 11.6 Å². The van der Waals surface area contributed by atoms with Gasteiger partial charge in [0.15, 0.2) is 6.29 Å². The van der Waals surface area contributed by atoms with E-state index in [1.54, 1.807) is 0 Å². The fraction of sp³-hybridized carbons (Fsp3) is 1.00. The van der Waals surface area contributed by atoms with Crippen molar-refractivity contribution < 1.29 is 10.2 Å². The molecule has 3 nitrogen and oxygen atoms in total. The molecule has 0 saturated carbocycles. The van der Waals surface area contributed by atoms with E-state index in [1.807, 2.05) is 0 Å². The van der Waals surface area contributed by atoms with E-state index in [0.717, 1.165) is 0 Å². The monoisotopic (exact) mass is 111 g/mol. The fourth-order valence-electron chi connectivity index (χ4n) is 0. The molecule has 0 bridgehead atoms. The molecule has 6 heavy (non-hydrogen) atoms. The number of aliphatic hydroxyl groups excluding tert-OH is 1. The van der Waals surface area contributed by atoms with Crippen LogP contribution in [0, 0.1) is 0 Å². The van der Waals surface area contributed by atoms with Gasteiger partial charge in [0.05, 0.1) is 0 Å². The third-order valence-electron chi connectivity index (χ3n) is 0.285. The summed E-state index contributed by atoms with van der Waals surface area (Å²) < 4.78 is 0. The maximum Gasteiger partial charge on any atom is 0.181 e. The van der Waals surface area contributed by atoms with Crippen molar-refractivity contribution in [2.45, 2.75) is 11.8 Å². The van der Waals surface area contributed by atoms with Crippen LogP contribution in [0.25, 0.3) is 0 Å². The Morgan fingerprint density at radius 1 is 1.50 bits per heavy atom. The molecule has 1 atom stereocenters. The van der Waals surface area contributed by atoms with Crippen LogP contribution < -0.4 is 5.73 Å². The van der Waals surface area contributed by atoms with E-state index < -0.39 is 11.8 Å². The summed E-state index contributed by atoms with van der Waals surface area (Å²) in [4.78, 5) is 0. The Kier molecular flexibility index (Phi) is 2.43. The summed E-state index contributed by atoms with van der Waals surface area (Å²) in [6, 6.07) is 0. The summed E-state index contributed by atoms with van der Waals surface area (Å²) >= 11 is 4.89. The number of halogens is 1. The molecule has 0 radical (unpaired) electrons. The summed E-state index contributed by atoms with van der Waals surface area (Å²) in [6.45, 7) is 0. The Bertz CT molecular complexity index is 32.5. The third-order valence-corrected chi connectivity index (χ3v) is 0.510. The lowest BCUT2D eigenvalue weighted by Crippen LogP contribution is -2.28.